The molecule has 0 spiro atoms. The molecular weight excluding hydrogens is 228 g/mol. The average Bonchev–Trinajstić information content (AvgIpc) is 2.98. The summed E-state index contributed by atoms with van der Waals surface area (Å²) in [4.78, 5) is 0. The van der Waals surface area contributed by atoms with Gasteiger partial charge >= 0.3 is 0 Å². The van der Waals surface area contributed by atoms with E-state index in [4.69, 9.17) is 21.1 Å². The van der Waals surface area contributed by atoms with E-state index in [9.17, 15) is 5.11 Å². The molecule has 0 radical (unpaired) electrons. The second-order valence-corrected chi connectivity index (χ2v) is 4.54. The summed E-state index contributed by atoms with van der Waals surface area (Å²) in [6.07, 6.45) is 1.51. The van der Waals surface area contributed by atoms with E-state index in [1.807, 2.05) is 6.92 Å². The Balaban J connectivity index is 2.62. The highest BCUT2D eigenvalue weighted by Gasteiger charge is 2.45. The fourth-order valence-corrected chi connectivity index (χ4v) is 2.32. The minimum atomic E-state index is -0.758. The third-order valence-corrected chi connectivity index (χ3v) is 3.33. The molecule has 16 heavy (non-hydrogen) atoms. The molecule has 1 saturated carbocycles. The average molecular weight is 243 g/mol. The van der Waals surface area contributed by atoms with Crippen molar-refractivity contribution in [3.05, 3.63) is 22.2 Å². The lowest BCUT2D eigenvalue weighted by Gasteiger charge is -2.18. The van der Waals surface area contributed by atoms with E-state index >= 15 is 0 Å². The van der Waals surface area contributed by atoms with Crippen molar-refractivity contribution in [2.24, 2.45) is 0 Å². The lowest BCUT2D eigenvalue weighted by molar-refractivity contribution is 0.147. The zero-order chi connectivity index (χ0) is 11.9. The molecule has 1 N–H and O–H groups in total. The van der Waals surface area contributed by atoms with Crippen molar-refractivity contribution in [2.75, 3.05) is 14.2 Å². The van der Waals surface area contributed by atoms with E-state index in [2.05, 4.69) is 0 Å². The van der Waals surface area contributed by atoms with Gasteiger partial charge in [0.25, 0.3) is 0 Å². The Morgan fingerprint density at radius 1 is 1.25 bits per heavy atom. The van der Waals surface area contributed by atoms with Crippen molar-refractivity contribution in [3.63, 3.8) is 0 Å². The highest BCUT2D eigenvalue weighted by atomic mass is 35.5. The van der Waals surface area contributed by atoms with E-state index in [1.54, 1.807) is 20.3 Å². The number of benzene rings is 1. The van der Waals surface area contributed by atoms with E-state index < -0.39 is 5.60 Å². The molecule has 88 valence electrons. The fourth-order valence-electron chi connectivity index (χ4n) is 1.99. The van der Waals surface area contributed by atoms with Gasteiger partial charge in [0.1, 0.15) is 11.5 Å². The number of rotatable bonds is 3. The molecule has 0 unspecified atom stereocenters. The summed E-state index contributed by atoms with van der Waals surface area (Å²) < 4.78 is 10.6. The molecule has 4 heteroatoms. The maximum Gasteiger partial charge on any atom is 0.144 e. The van der Waals surface area contributed by atoms with Gasteiger partial charge < -0.3 is 14.6 Å². The van der Waals surface area contributed by atoms with Crippen molar-refractivity contribution in [2.45, 2.75) is 25.4 Å². The quantitative estimate of drug-likeness (QED) is 0.886. The Morgan fingerprint density at radius 2 is 1.81 bits per heavy atom. The second kappa shape index (κ2) is 3.82. The molecule has 1 fully saturated rings. The molecule has 2 rings (SSSR count). The Labute approximate surface area is 99.9 Å². The lowest BCUT2D eigenvalue weighted by Crippen LogP contribution is -2.08. The van der Waals surface area contributed by atoms with Crippen molar-refractivity contribution >= 4 is 11.6 Å². The Morgan fingerprint density at radius 3 is 2.25 bits per heavy atom. The molecule has 0 aromatic heterocycles. The predicted molar refractivity (Wildman–Crippen MR) is 62.4 cm³/mol. The van der Waals surface area contributed by atoms with E-state index in [-0.39, 0.29) is 0 Å². The molecule has 0 aliphatic heterocycles. The van der Waals surface area contributed by atoms with Crippen LogP contribution in [0, 0.1) is 6.92 Å². The smallest absolute Gasteiger partial charge is 0.144 e. The first-order valence-corrected chi connectivity index (χ1v) is 5.55. The number of aliphatic hydroxyl groups is 1. The molecule has 0 heterocycles. The summed E-state index contributed by atoms with van der Waals surface area (Å²) >= 11 is 6.11. The van der Waals surface area contributed by atoms with Gasteiger partial charge in [-0.3, -0.25) is 0 Å². The van der Waals surface area contributed by atoms with E-state index in [0.29, 0.717) is 16.5 Å². The number of halogens is 1. The highest BCUT2D eigenvalue weighted by molar-refractivity contribution is 6.32. The second-order valence-electron chi connectivity index (χ2n) is 4.13. The molecule has 1 aromatic carbocycles. The standard InChI is InChI=1S/C12H15ClO3/c1-7-10(15-2)8(12(14)4-5-12)6-9(13)11(7)16-3/h6,14H,4-5H2,1-3H3. The molecule has 0 saturated heterocycles. The van der Waals surface area contributed by atoms with Crippen molar-refractivity contribution in [1.82, 2.24) is 0 Å². The zero-order valence-corrected chi connectivity index (χ0v) is 10.4. The molecule has 0 bridgehead atoms. The van der Waals surface area contributed by atoms with Crippen LogP contribution in [0.25, 0.3) is 0 Å². The number of methoxy groups -OCH3 is 2. The fraction of sp³-hybridized carbons (Fsp3) is 0.500. The normalized spacial score (nSPS) is 17.1. The monoisotopic (exact) mass is 242 g/mol. The Kier molecular flexibility index (Phi) is 2.76. The SMILES string of the molecule is COc1c(Cl)cc(C2(O)CC2)c(OC)c1C. The van der Waals surface area contributed by atoms with Crippen LogP contribution in [0.5, 0.6) is 11.5 Å². The summed E-state index contributed by atoms with van der Waals surface area (Å²) in [6, 6.07) is 1.74. The van der Waals surface area contributed by atoms with Gasteiger partial charge in [-0.25, -0.2) is 0 Å². The summed E-state index contributed by atoms with van der Waals surface area (Å²) in [5.41, 5.74) is 0.831. The Hall–Kier alpha value is -0.930. The van der Waals surface area contributed by atoms with Crippen LogP contribution in [0.3, 0.4) is 0 Å². The molecule has 3 nitrogen and oxygen atoms in total. The van der Waals surface area contributed by atoms with Crippen LogP contribution >= 0.6 is 11.6 Å². The third-order valence-electron chi connectivity index (χ3n) is 3.05. The summed E-state index contributed by atoms with van der Waals surface area (Å²) in [6.45, 7) is 1.87. The van der Waals surface area contributed by atoms with Crippen LogP contribution in [0.2, 0.25) is 5.02 Å². The largest absolute Gasteiger partial charge is 0.496 e. The van der Waals surface area contributed by atoms with Gasteiger partial charge in [-0.15, -0.1) is 0 Å². The van der Waals surface area contributed by atoms with Crippen LogP contribution < -0.4 is 9.47 Å². The summed E-state index contributed by atoms with van der Waals surface area (Å²) in [5, 5.41) is 10.7. The van der Waals surface area contributed by atoms with Crippen LogP contribution in [-0.2, 0) is 5.60 Å². The summed E-state index contributed by atoms with van der Waals surface area (Å²) in [7, 11) is 3.16. The lowest BCUT2D eigenvalue weighted by atomic mass is 10.0. The molecule has 1 aromatic rings. The maximum absolute atomic E-state index is 10.1. The molecule has 1 aliphatic rings. The van der Waals surface area contributed by atoms with Crippen LogP contribution in [0.4, 0.5) is 0 Å². The topological polar surface area (TPSA) is 38.7 Å². The van der Waals surface area contributed by atoms with Crippen molar-refractivity contribution in [1.29, 1.82) is 0 Å². The van der Waals surface area contributed by atoms with Gasteiger partial charge in [0.2, 0.25) is 0 Å². The van der Waals surface area contributed by atoms with Crippen molar-refractivity contribution < 1.29 is 14.6 Å². The molecular formula is C12H15ClO3. The Bertz CT molecular complexity index is 425. The number of ether oxygens (including phenoxy) is 2. The van der Waals surface area contributed by atoms with Gasteiger partial charge in [0, 0.05) is 11.1 Å². The first-order chi connectivity index (χ1) is 7.53. The molecule has 0 amide bonds. The van der Waals surface area contributed by atoms with Gasteiger partial charge in [-0.2, -0.15) is 0 Å². The van der Waals surface area contributed by atoms with E-state index in [0.717, 1.165) is 24.0 Å². The minimum absolute atomic E-state index is 0.510. The molecule has 1 aliphatic carbocycles. The zero-order valence-electron chi connectivity index (χ0n) is 9.63. The van der Waals surface area contributed by atoms with Gasteiger partial charge in [0.15, 0.2) is 0 Å². The third kappa shape index (κ3) is 1.64. The van der Waals surface area contributed by atoms with Gasteiger partial charge in [-0.05, 0) is 25.8 Å². The molecule has 0 atom stereocenters. The van der Waals surface area contributed by atoms with Gasteiger partial charge in [-0.1, -0.05) is 11.6 Å². The van der Waals surface area contributed by atoms with Gasteiger partial charge in [0.05, 0.1) is 24.8 Å². The minimum Gasteiger partial charge on any atom is -0.496 e. The van der Waals surface area contributed by atoms with Crippen molar-refractivity contribution in [3.8, 4) is 11.5 Å². The number of hydrogen-bond acceptors (Lipinski definition) is 3. The van der Waals surface area contributed by atoms with Crippen LogP contribution in [-0.4, -0.2) is 19.3 Å². The maximum atomic E-state index is 10.1. The van der Waals surface area contributed by atoms with Crippen LogP contribution in [0.15, 0.2) is 6.07 Å². The van der Waals surface area contributed by atoms with E-state index in [1.165, 1.54) is 0 Å². The predicted octanol–water partition coefficient (Wildman–Crippen LogP) is 2.65. The first-order valence-electron chi connectivity index (χ1n) is 5.17. The first kappa shape index (κ1) is 11.6. The highest BCUT2D eigenvalue weighted by Crippen LogP contribution is 2.52. The summed E-state index contributed by atoms with van der Waals surface area (Å²) in [5.74, 6) is 1.27. The van der Waals surface area contributed by atoms with Crippen LogP contribution in [0.1, 0.15) is 24.0 Å². The number of hydrogen-bond donors (Lipinski definition) is 1.